The second kappa shape index (κ2) is 4.54. The van der Waals surface area contributed by atoms with Gasteiger partial charge in [-0.15, -0.1) is 0 Å². The number of rotatable bonds is 2. The minimum atomic E-state index is -0.605. The lowest BCUT2D eigenvalue weighted by Crippen LogP contribution is -2.43. The van der Waals surface area contributed by atoms with E-state index in [2.05, 4.69) is 15.9 Å². The number of benzene rings is 1. The van der Waals surface area contributed by atoms with Gasteiger partial charge < -0.3 is 5.11 Å². The van der Waals surface area contributed by atoms with Gasteiger partial charge in [-0.3, -0.25) is 0 Å². The van der Waals surface area contributed by atoms with Crippen LogP contribution in [0.15, 0.2) is 22.7 Å². The molecule has 0 radical (unpaired) electrons. The zero-order valence-corrected chi connectivity index (χ0v) is 13.1. The highest BCUT2D eigenvalue weighted by atomic mass is 79.9. The summed E-state index contributed by atoms with van der Waals surface area (Å²) in [5.41, 5.74) is 0.307. The maximum atomic E-state index is 13.4. The van der Waals surface area contributed by atoms with Crippen LogP contribution in [0.4, 0.5) is 4.39 Å². The first-order valence-corrected chi connectivity index (χ1v) is 8.52. The third kappa shape index (κ3) is 1.89. The van der Waals surface area contributed by atoms with Crippen molar-refractivity contribution < 1.29 is 9.50 Å². The first kappa shape index (κ1) is 13.3. The fourth-order valence-corrected chi connectivity index (χ4v) is 5.83. The maximum absolute atomic E-state index is 13.4. The molecule has 108 valence electrons. The Bertz CT molecular complexity index is 546. The quantitative estimate of drug-likeness (QED) is 0.851. The van der Waals surface area contributed by atoms with Crippen LogP contribution in [0.5, 0.6) is 0 Å². The van der Waals surface area contributed by atoms with Crippen molar-refractivity contribution in [2.75, 3.05) is 0 Å². The molecule has 3 aliphatic rings. The molecule has 3 saturated carbocycles. The molecule has 2 bridgehead atoms. The van der Waals surface area contributed by atoms with Gasteiger partial charge in [0, 0.05) is 10.9 Å². The van der Waals surface area contributed by atoms with E-state index in [0.717, 1.165) is 28.3 Å². The van der Waals surface area contributed by atoms with Gasteiger partial charge in [-0.1, -0.05) is 22.4 Å². The van der Waals surface area contributed by atoms with Crippen molar-refractivity contribution in [2.45, 2.75) is 44.1 Å². The zero-order chi connectivity index (χ0) is 13.9. The summed E-state index contributed by atoms with van der Waals surface area (Å²) in [6.07, 6.45) is 6.70. The summed E-state index contributed by atoms with van der Waals surface area (Å²) in [4.78, 5) is 0. The van der Waals surface area contributed by atoms with Crippen LogP contribution in [0, 0.1) is 29.5 Å². The topological polar surface area (TPSA) is 20.2 Å². The van der Waals surface area contributed by atoms with Gasteiger partial charge in [0.1, 0.15) is 5.82 Å². The van der Waals surface area contributed by atoms with Crippen molar-refractivity contribution in [3.63, 3.8) is 0 Å². The van der Waals surface area contributed by atoms with Gasteiger partial charge in [0.25, 0.3) is 0 Å². The third-order valence-electron chi connectivity index (χ3n) is 6.11. The standard InChI is InChI=1S/C17H20BrFO/c18-16-5-4-12(19)6-11(16)9-17(20)8-10-7-15(17)14-3-1-2-13(10)14/h4-6,10,13-15,20H,1-3,7-9H2. The normalized spacial score (nSPS) is 42.1. The van der Waals surface area contributed by atoms with Crippen LogP contribution in [-0.4, -0.2) is 10.7 Å². The zero-order valence-electron chi connectivity index (χ0n) is 11.5. The van der Waals surface area contributed by atoms with Gasteiger partial charge in [-0.05, 0) is 73.1 Å². The molecule has 3 heteroatoms. The monoisotopic (exact) mass is 338 g/mol. The van der Waals surface area contributed by atoms with Gasteiger partial charge >= 0.3 is 0 Å². The highest BCUT2D eigenvalue weighted by Crippen LogP contribution is 2.63. The summed E-state index contributed by atoms with van der Waals surface area (Å²) in [6, 6.07) is 4.78. The molecule has 0 heterocycles. The van der Waals surface area contributed by atoms with Crippen molar-refractivity contribution in [1.29, 1.82) is 0 Å². The van der Waals surface area contributed by atoms with Gasteiger partial charge in [0.15, 0.2) is 0 Å². The molecule has 1 aromatic rings. The van der Waals surface area contributed by atoms with Crippen LogP contribution >= 0.6 is 15.9 Å². The Balaban J connectivity index is 1.61. The van der Waals surface area contributed by atoms with Crippen LogP contribution in [-0.2, 0) is 6.42 Å². The summed E-state index contributed by atoms with van der Waals surface area (Å²) in [5.74, 6) is 2.54. The second-order valence-electron chi connectivity index (χ2n) is 7.08. The van der Waals surface area contributed by atoms with Crippen molar-refractivity contribution in [1.82, 2.24) is 0 Å². The van der Waals surface area contributed by atoms with Crippen molar-refractivity contribution in [3.05, 3.63) is 34.1 Å². The van der Waals surface area contributed by atoms with Crippen molar-refractivity contribution in [2.24, 2.45) is 23.7 Å². The average molecular weight is 339 g/mol. The van der Waals surface area contributed by atoms with E-state index in [4.69, 9.17) is 0 Å². The van der Waals surface area contributed by atoms with Gasteiger partial charge in [-0.25, -0.2) is 4.39 Å². The summed E-state index contributed by atoms with van der Waals surface area (Å²) >= 11 is 3.49. The van der Waals surface area contributed by atoms with E-state index >= 15 is 0 Å². The number of hydrogen-bond donors (Lipinski definition) is 1. The number of fused-ring (bicyclic) bond motifs is 5. The van der Waals surface area contributed by atoms with Crippen LogP contribution in [0.2, 0.25) is 0 Å². The summed E-state index contributed by atoms with van der Waals surface area (Å²) in [6.45, 7) is 0. The highest BCUT2D eigenvalue weighted by molar-refractivity contribution is 9.10. The Morgan fingerprint density at radius 1 is 1.30 bits per heavy atom. The Morgan fingerprint density at radius 2 is 2.10 bits per heavy atom. The lowest BCUT2D eigenvalue weighted by atomic mass is 9.71. The molecule has 0 amide bonds. The van der Waals surface area contributed by atoms with E-state index in [1.54, 1.807) is 12.1 Å². The molecule has 20 heavy (non-hydrogen) atoms. The molecule has 1 N–H and O–H groups in total. The minimum absolute atomic E-state index is 0.214. The lowest BCUT2D eigenvalue weighted by Gasteiger charge is -2.39. The van der Waals surface area contributed by atoms with Gasteiger partial charge in [-0.2, -0.15) is 0 Å². The molecule has 5 atom stereocenters. The molecule has 4 rings (SSSR count). The van der Waals surface area contributed by atoms with Crippen LogP contribution < -0.4 is 0 Å². The molecule has 3 fully saturated rings. The fraction of sp³-hybridized carbons (Fsp3) is 0.647. The van der Waals surface area contributed by atoms with E-state index in [-0.39, 0.29) is 5.82 Å². The van der Waals surface area contributed by atoms with Crippen molar-refractivity contribution in [3.8, 4) is 0 Å². The first-order chi connectivity index (χ1) is 9.57. The number of halogens is 2. The van der Waals surface area contributed by atoms with Gasteiger partial charge in [0.05, 0.1) is 5.60 Å². The molecule has 1 nitrogen and oxygen atoms in total. The first-order valence-electron chi connectivity index (χ1n) is 7.73. The van der Waals surface area contributed by atoms with E-state index in [9.17, 15) is 9.50 Å². The predicted molar refractivity (Wildman–Crippen MR) is 79.8 cm³/mol. The third-order valence-corrected chi connectivity index (χ3v) is 6.89. The Kier molecular flexibility index (Phi) is 3.01. The van der Waals surface area contributed by atoms with E-state index in [1.807, 2.05) is 0 Å². The summed E-state index contributed by atoms with van der Waals surface area (Å²) in [7, 11) is 0. The largest absolute Gasteiger partial charge is 0.389 e. The smallest absolute Gasteiger partial charge is 0.123 e. The molecule has 3 aliphatic carbocycles. The molecule has 0 aromatic heterocycles. The molecule has 0 spiro atoms. The average Bonchev–Trinajstić information content (AvgIpc) is 3.04. The molecule has 5 unspecified atom stereocenters. The number of aliphatic hydroxyl groups is 1. The maximum Gasteiger partial charge on any atom is 0.123 e. The molecule has 1 aromatic carbocycles. The molecular formula is C17H20BrFO. The van der Waals surface area contributed by atoms with E-state index in [0.29, 0.717) is 18.3 Å². The fourth-order valence-electron chi connectivity index (χ4n) is 5.45. The van der Waals surface area contributed by atoms with Crippen LogP contribution in [0.25, 0.3) is 0 Å². The Morgan fingerprint density at radius 3 is 2.95 bits per heavy atom. The minimum Gasteiger partial charge on any atom is -0.389 e. The summed E-state index contributed by atoms with van der Waals surface area (Å²) < 4.78 is 14.4. The highest BCUT2D eigenvalue weighted by Gasteiger charge is 2.60. The molecule has 0 aliphatic heterocycles. The second-order valence-corrected chi connectivity index (χ2v) is 7.94. The Hall–Kier alpha value is -0.410. The predicted octanol–water partition coefficient (Wildman–Crippen LogP) is 4.32. The van der Waals surface area contributed by atoms with E-state index in [1.165, 1.54) is 31.7 Å². The summed E-state index contributed by atoms with van der Waals surface area (Å²) in [5, 5.41) is 11.2. The van der Waals surface area contributed by atoms with Gasteiger partial charge in [0.2, 0.25) is 0 Å². The molecular weight excluding hydrogens is 319 g/mol. The van der Waals surface area contributed by atoms with Crippen molar-refractivity contribution >= 4 is 15.9 Å². The lowest BCUT2D eigenvalue weighted by molar-refractivity contribution is -0.0451. The van der Waals surface area contributed by atoms with Crippen LogP contribution in [0.1, 0.15) is 37.7 Å². The molecule has 0 saturated heterocycles. The SMILES string of the molecule is OC1(Cc2cc(F)ccc2Br)CC2CC1C1CCCC21. The van der Waals surface area contributed by atoms with E-state index < -0.39 is 5.60 Å². The Labute approximate surface area is 127 Å². The van der Waals surface area contributed by atoms with Crippen LogP contribution in [0.3, 0.4) is 0 Å². The number of hydrogen-bond acceptors (Lipinski definition) is 1.